The molecule has 0 amide bonds. The van der Waals surface area contributed by atoms with Gasteiger partial charge in [-0.15, -0.1) is 5.54 Å². The van der Waals surface area contributed by atoms with E-state index in [1.54, 1.807) is 0 Å². The minimum atomic E-state index is -1.20. The third-order valence-corrected chi connectivity index (χ3v) is 3.30. The van der Waals surface area contributed by atoms with Gasteiger partial charge < -0.3 is 0 Å². The molecule has 0 atom stereocenters. The molecule has 92 valence electrons. The molecule has 0 nitrogen and oxygen atoms in total. The monoisotopic (exact) mass is 236 g/mol. The van der Waals surface area contributed by atoms with Crippen molar-refractivity contribution >= 4 is 8.07 Å². The summed E-state index contributed by atoms with van der Waals surface area (Å²) in [6, 6.07) is 0. The van der Waals surface area contributed by atoms with E-state index in [4.69, 9.17) is 0 Å². The van der Waals surface area contributed by atoms with Gasteiger partial charge in [0.1, 0.15) is 8.07 Å². The van der Waals surface area contributed by atoms with Crippen molar-refractivity contribution in [3.05, 3.63) is 11.6 Å². The summed E-state index contributed by atoms with van der Waals surface area (Å²) in [5, 5.41) is 0. The fourth-order valence-corrected chi connectivity index (χ4v) is 1.93. The second kappa shape index (κ2) is 8.64. The SMILES string of the molecule is CCCCCC/C=C(\C#C[Si](C)(C)C)CC. The zero-order valence-corrected chi connectivity index (χ0v) is 12.8. The van der Waals surface area contributed by atoms with E-state index in [1.807, 2.05) is 0 Å². The van der Waals surface area contributed by atoms with Gasteiger partial charge in [0.25, 0.3) is 0 Å². The van der Waals surface area contributed by atoms with Crippen molar-refractivity contribution in [3.8, 4) is 11.5 Å². The zero-order chi connectivity index (χ0) is 12.4. The molecule has 0 radical (unpaired) electrons. The van der Waals surface area contributed by atoms with Crippen molar-refractivity contribution in [1.82, 2.24) is 0 Å². The second-order valence-corrected chi connectivity index (χ2v) is 10.2. The Hall–Kier alpha value is -0.483. The first-order valence-corrected chi connectivity index (χ1v) is 10.2. The number of unbranched alkanes of at least 4 members (excludes halogenated alkanes) is 4. The predicted octanol–water partition coefficient (Wildman–Crippen LogP) is 5.17. The lowest BCUT2D eigenvalue weighted by Gasteiger charge is -2.04. The highest BCUT2D eigenvalue weighted by molar-refractivity contribution is 6.83. The molecule has 0 aliphatic carbocycles. The summed E-state index contributed by atoms with van der Waals surface area (Å²) < 4.78 is 0. The minimum Gasteiger partial charge on any atom is -0.127 e. The van der Waals surface area contributed by atoms with Crippen LogP contribution in [0.15, 0.2) is 11.6 Å². The number of rotatable bonds is 6. The van der Waals surface area contributed by atoms with E-state index in [-0.39, 0.29) is 0 Å². The second-order valence-electron chi connectivity index (χ2n) is 5.43. The summed E-state index contributed by atoms with van der Waals surface area (Å²) >= 11 is 0. The molecule has 0 saturated heterocycles. The Morgan fingerprint density at radius 3 is 2.25 bits per heavy atom. The van der Waals surface area contributed by atoms with Crippen LogP contribution in [0.2, 0.25) is 19.6 Å². The summed E-state index contributed by atoms with van der Waals surface area (Å²) in [6.07, 6.45) is 10.0. The van der Waals surface area contributed by atoms with Crippen LogP contribution in [0.1, 0.15) is 52.4 Å². The van der Waals surface area contributed by atoms with Crippen LogP contribution in [0.4, 0.5) is 0 Å². The van der Waals surface area contributed by atoms with E-state index >= 15 is 0 Å². The molecular weight excluding hydrogens is 208 g/mol. The average molecular weight is 236 g/mol. The van der Waals surface area contributed by atoms with Gasteiger partial charge in [0.15, 0.2) is 0 Å². The van der Waals surface area contributed by atoms with Crippen molar-refractivity contribution in [2.45, 2.75) is 72.0 Å². The number of allylic oxidation sites excluding steroid dienone is 2. The molecule has 0 saturated carbocycles. The Bertz CT molecular complexity index is 257. The van der Waals surface area contributed by atoms with Crippen molar-refractivity contribution in [3.63, 3.8) is 0 Å². The van der Waals surface area contributed by atoms with Gasteiger partial charge in [-0.05, 0) is 24.8 Å². The highest BCUT2D eigenvalue weighted by atomic mass is 28.3. The molecule has 1 heteroatoms. The van der Waals surface area contributed by atoms with E-state index in [1.165, 1.54) is 37.7 Å². The van der Waals surface area contributed by atoms with Gasteiger partial charge in [0.2, 0.25) is 0 Å². The summed E-state index contributed by atoms with van der Waals surface area (Å²) in [5.41, 5.74) is 4.79. The fourth-order valence-electron chi connectivity index (χ4n) is 1.40. The average Bonchev–Trinajstić information content (AvgIpc) is 2.21. The van der Waals surface area contributed by atoms with Gasteiger partial charge in [0, 0.05) is 0 Å². The molecule has 16 heavy (non-hydrogen) atoms. The normalized spacial score (nSPS) is 12.2. The van der Waals surface area contributed by atoms with Crippen LogP contribution < -0.4 is 0 Å². The third-order valence-electron chi connectivity index (χ3n) is 2.43. The van der Waals surface area contributed by atoms with Gasteiger partial charge in [-0.3, -0.25) is 0 Å². The summed E-state index contributed by atoms with van der Waals surface area (Å²) in [6.45, 7) is 11.4. The smallest absolute Gasteiger partial charge is 0.127 e. The van der Waals surface area contributed by atoms with Crippen LogP contribution in [-0.4, -0.2) is 8.07 Å². The Morgan fingerprint density at radius 1 is 1.06 bits per heavy atom. The van der Waals surface area contributed by atoms with Gasteiger partial charge in [0.05, 0.1) is 0 Å². The maximum absolute atomic E-state index is 3.45. The van der Waals surface area contributed by atoms with Crippen LogP contribution in [0, 0.1) is 11.5 Å². The third kappa shape index (κ3) is 10.0. The van der Waals surface area contributed by atoms with E-state index in [0.717, 1.165) is 6.42 Å². The Labute approximate surface area is 104 Å². The topological polar surface area (TPSA) is 0 Å². The zero-order valence-electron chi connectivity index (χ0n) is 11.8. The fraction of sp³-hybridized carbons (Fsp3) is 0.733. The largest absolute Gasteiger partial charge is 0.129 e. The van der Waals surface area contributed by atoms with Gasteiger partial charge in [-0.1, -0.05) is 64.7 Å². The van der Waals surface area contributed by atoms with Crippen LogP contribution in [0.5, 0.6) is 0 Å². The lowest BCUT2D eigenvalue weighted by Crippen LogP contribution is -2.16. The molecule has 0 unspecified atom stereocenters. The van der Waals surface area contributed by atoms with Crippen LogP contribution >= 0.6 is 0 Å². The highest BCUT2D eigenvalue weighted by Gasteiger charge is 2.07. The van der Waals surface area contributed by atoms with Gasteiger partial charge in [-0.25, -0.2) is 0 Å². The lowest BCUT2D eigenvalue weighted by molar-refractivity contribution is 0.673. The molecular formula is C15H28Si. The molecule has 0 spiro atoms. The van der Waals surface area contributed by atoms with Gasteiger partial charge in [-0.2, -0.15) is 0 Å². The predicted molar refractivity (Wildman–Crippen MR) is 78.3 cm³/mol. The van der Waals surface area contributed by atoms with Crippen molar-refractivity contribution in [1.29, 1.82) is 0 Å². The van der Waals surface area contributed by atoms with Crippen molar-refractivity contribution in [2.75, 3.05) is 0 Å². The van der Waals surface area contributed by atoms with E-state index in [2.05, 4.69) is 51.0 Å². The summed E-state index contributed by atoms with van der Waals surface area (Å²) in [7, 11) is -1.20. The Morgan fingerprint density at radius 2 is 1.75 bits per heavy atom. The van der Waals surface area contributed by atoms with Crippen LogP contribution in [-0.2, 0) is 0 Å². The Balaban J connectivity index is 4.06. The standard InChI is InChI=1S/C15H28Si/c1-6-8-9-10-11-12-15(7-2)13-14-16(3,4)5/h12H,6-11H2,1-5H3/b15-12-. The molecule has 0 heterocycles. The molecule has 0 aromatic rings. The van der Waals surface area contributed by atoms with Gasteiger partial charge >= 0.3 is 0 Å². The van der Waals surface area contributed by atoms with E-state index in [9.17, 15) is 0 Å². The van der Waals surface area contributed by atoms with Crippen molar-refractivity contribution < 1.29 is 0 Å². The molecule has 0 aromatic heterocycles. The summed E-state index contributed by atoms with van der Waals surface area (Å²) in [4.78, 5) is 0. The molecule has 0 aliphatic heterocycles. The summed E-state index contributed by atoms with van der Waals surface area (Å²) in [5.74, 6) is 3.37. The van der Waals surface area contributed by atoms with Crippen molar-refractivity contribution in [2.24, 2.45) is 0 Å². The lowest BCUT2D eigenvalue weighted by atomic mass is 10.1. The number of hydrogen-bond acceptors (Lipinski definition) is 0. The first kappa shape index (κ1) is 15.5. The van der Waals surface area contributed by atoms with E-state index < -0.39 is 8.07 Å². The first-order chi connectivity index (χ1) is 7.49. The molecule has 0 N–H and O–H groups in total. The van der Waals surface area contributed by atoms with E-state index in [0.29, 0.717) is 0 Å². The molecule has 0 aliphatic rings. The molecule has 0 rings (SSSR count). The van der Waals surface area contributed by atoms with Crippen LogP contribution in [0.25, 0.3) is 0 Å². The minimum absolute atomic E-state index is 1.09. The maximum Gasteiger partial charge on any atom is 0.129 e. The molecule has 0 fully saturated rings. The molecule has 0 bridgehead atoms. The quantitative estimate of drug-likeness (QED) is 0.339. The number of hydrogen-bond donors (Lipinski definition) is 0. The Kier molecular flexibility index (Phi) is 8.38. The van der Waals surface area contributed by atoms with Crippen LogP contribution in [0.3, 0.4) is 0 Å². The first-order valence-electron chi connectivity index (χ1n) is 6.71. The molecule has 0 aromatic carbocycles. The highest BCUT2D eigenvalue weighted by Crippen LogP contribution is 2.08. The maximum atomic E-state index is 3.45.